The van der Waals surface area contributed by atoms with E-state index < -0.39 is 35.4 Å². The Bertz CT molecular complexity index is 541. The van der Waals surface area contributed by atoms with E-state index in [0.29, 0.717) is 18.6 Å². The lowest BCUT2D eigenvalue weighted by atomic mass is 10.1. The highest BCUT2D eigenvalue weighted by molar-refractivity contribution is 6.39. The average molecular weight is 318 g/mol. The molecule has 1 atom stereocenters. The fourth-order valence-corrected chi connectivity index (χ4v) is 1.73. The zero-order valence-corrected chi connectivity index (χ0v) is 12.1. The molecule has 2 amide bonds. The standard InChI is InChI=1S/C14H17F3N2O3/c1-7(2)3-9(20)6-18-13(21)14(22)19-8-4-10(15)12(17)11(16)5-8/h4-5,7,9,20H,3,6H2,1-2H3,(H,18,21)(H,19,22). The first-order valence-corrected chi connectivity index (χ1v) is 6.62. The van der Waals surface area contributed by atoms with Crippen LogP contribution in [0.2, 0.25) is 0 Å². The van der Waals surface area contributed by atoms with Crippen molar-refractivity contribution in [1.82, 2.24) is 5.32 Å². The number of amides is 2. The lowest BCUT2D eigenvalue weighted by Gasteiger charge is -2.13. The van der Waals surface area contributed by atoms with Gasteiger partial charge in [0, 0.05) is 24.4 Å². The number of hydrogen-bond acceptors (Lipinski definition) is 3. The van der Waals surface area contributed by atoms with Gasteiger partial charge >= 0.3 is 11.8 Å². The quantitative estimate of drug-likeness (QED) is 0.569. The molecule has 8 heteroatoms. The number of rotatable bonds is 5. The molecule has 1 aromatic carbocycles. The molecule has 0 radical (unpaired) electrons. The van der Waals surface area contributed by atoms with E-state index >= 15 is 0 Å². The van der Waals surface area contributed by atoms with E-state index in [2.05, 4.69) is 5.32 Å². The number of carbonyl (C=O) groups is 2. The lowest BCUT2D eigenvalue weighted by molar-refractivity contribution is -0.136. The van der Waals surface area contributed by atoms with Crippen molar-refractivity contribution in [1.29, 1.82) is 0 Å². The summed E-state index contributed by atoms with van der Waals surface area (Å²) in [4.78, 5) is 23.0. The van der Waals surface area contributed by atoms with Gasteiger partial charge in [-0.1, -0.05) is 13.8 Å². The first-order chi connectivity index (χ1) is 10.2. The van der Waals surface area contributed by atoms with Gasteiger partial charge in [-0.3, -0.25) is 9.59 Å². The largest absolute Gasteiger partial charge is 0.391 e. The summed E-state index contributed by atoms with van der Waals surface area (Å²) in [5.74, 6) is -6.67. The van der Waals surface area contributed by atoms with Crippen molar-refractivity contribution in [2.24, 2.45) is 5.92 Å². The van der Waals surface area contributed by atoms with Gasteiger partial charge in [-0.25, -0.2) is 13.2 Å². The van der Waals surface area contributed by atoms with Crippen molar-refractivity contribution < 1.29 is 27.9 Å². The van der Waals surface area contributed by atoms with Crippen LogP contribution in [0, 0.1) is 23.4 Å². The van der Waals surface area contributed by atoms with Gasteiger partial charge in [0.05, 0.1) is 6.10 Å². The van der Waals surface area contributed by atoms with E-state index in [1.54, 1.807) is 0 Å². The summed E-state index contributed by atoms with van der Waals surface area (Å²) in [6, 6.07) is 1.11. The maximum Gasteiger partial charge on any atom is 0.313 e. The fraction of sp³-hybridized carbons (Fsp3) is 0.429. The number of halogens is 3. The average Bonchev–Trinajstić information content (AvgIpc) is 2.41. The summed E-state index contributed by atoms with van der Waals surface area (Å²) >= 11 is 0. The maximum atomic E-state index is 13.0. The van der Waals surface area contributed by atoms with Gasteiger partial charge in [-0.05, 0) is 12.3 Å². The zero-order valence-electron chi connectivity index (χ0n) is 12.1. The minimum absolute atomic E-state index is 0.128. The third-order valence-corrected chi connectivity index (χ3v) is 2.69. The Hall–Kier alpha value is -2.09. The third kappa shape index (κ3) is 5.36. The summed E-state index contributed by atoms with van der Waals surface area (Å²) in [6.07, 6.45) is -0.367. The SMILES string of the molecule is CC(C)CC(O)CNC(=O)C(=O)Nc1cc(F)c(F)c(F)c1. The Morgan fingerprint density at radius 1 is 1.14 bits per heavy atom. The minimum Gasteiger partial charge on any atom is -0.391 e. The fourth-order valence-electron chi connectivity index (χ4n) is 1.73. The highest BCUT2D eigenvalue weighted by atomic mass is 19.2. The topological polar surface area (TPSA) is 78.4 Å². The van der Waals surface area contributed by atoms with E-state index in [4.69, 9.17) is 0 Å². The molecule has 1 aromatic rings. The smallest absolute Gasteiger partial charge is 0.313 e. The molecule has 0 aliphatic rings. The van der Waals surface area contributed by atoms with Crippen LogP contribution < -0.4 is 10.6 Å². The number of carbonyl (C=O) groups excluding carboxylic acids is 2. The summed E-state index contributed by atoms with van der Waals surface area (Å²) < 4.78 is 38.7. The molecule has 5 nitrogen and oxygen atoms in total. The molecule has 122 valence electrons. The molecule has 0 aliphatic heterocycles. The molecule has 0 heterocycles. The summed E-state index contributed by atoms with van der Waals surface area (Å²) in [5.41, 5.74) is -0.390. The predicted octanol–water partition coefficient (Wildman–Crippen LogP) is 1.57. The molecule has 1 rings (SSSR count). The Balaban J connectivity index is 2.56. The van der Waals surface area contributed by atoms with Crippen molar-refractivity contribution in [3.8, 4) is 0 Å². The number of anilines is 1. The van der Waals surface area contributed by atoms with Crippen molar-refractivity contribution in [2.45, 2.75) is 26.4 Å². The van der Waals surface area contributed by atoms with E-state index in [-0.39, 0.29) is 18.2 Å². The van der Waals surface area contributed by atoms with E-state index in [0.717, 1.165) is 0 Å². The molecule has 0 bridgehead atoms. The van der Waals surface area contributed by atoms with Crippen molar-refractivity contribution in [3.05, 3.63) is 29.6 Å². The van der Waals surface area contributed by atoms with E-state index in [1.165, 1.54) is 0 Å². The molecular formula is C14H17F3N2O3. The summed E-state index contributed by atoms with van der Waals surface area (Å²) in [7, 11) is 0. The van der Waals surface area contributed by atoms with Crippen molar-refractivity contribution >= 4 is 17.5 Å². The Morgan fingerprint density at radius 3 is 2.18 bits per heavy atom. The number of benzene rings is 1. The molecule has 0 saturated carbocycles. The lowest BCUT2D eigenvalue weighted by Crippen LogP contribution is -2.39. The molecular weight excluding hydrogens is 301 g/mol. The Labute approximate surface area is 125 Å². The second kappa shape index (κ2) is 7.79. The normalized spacial score (nSPS) is 12.1. The molecule has 0 aromatic heterocycles. The van der Waals surface area contributed by atoms with E-state index in [1.807, 2.05) is 19.2 Å². The minimum atomic E-state index is -1.67. The number of aliphatic hydroxyl groups excluding tert-OH is 1. The Morgan fingerprint density at radius 2 is 1.68 bits per heavy atom. The van der Waals surface area contributed by atoms with Crippen molar-refractivity contribution in [3.63, 3.8) is 0 Å². The van der Waals surface area contributed by atoms with Gasteiger partial charge in [-0.15, -0.1) is 0 Å². The summed E-state index contributed by atoms with van der Waals surface area (Å²) in [5, 5.41) is 13.7. The van der Waals surface area contributed by atoms with Crippen LogP contribution in [0.1, 0.15) is 20.3 Å². The van der Waals surface area contributed by atoms with Gasteiger partial charge < -0.3 is 15.7 Å². The van der Waals surface area contributed by atoms with Crippen LogP contribution in [0.25, 0.3) is 0 Å². The first kappa shape index (κ1) is 18.0. The van der Waals surface area contributed by atoms with Crippen LogP contribution in [-0.4, -0.2) is 29.6 Å². The van der Waals surface area contributed by atoms with Gasteiger partial charge in [0.25, 0.3) is 0 Å². The van der Waals surface area contributed by atoms with Crippen LogP contribution in [0.5, 0.6) is 0 Å². The van der Waals surface area contributed by atoms with Gasteiger partial charge in [0.15, 0.2) is 17.5 Å². The van der Waals surface area contributed by atoms with Gasteiger partial charge in [0.1, 0.15) is 0 Å². The zero-order chi connectivity index (χ0) is 16.9. The molecule has 0 fully saturated rings. The van der Waals surface area contributed by atoms with Crippen LogP contribution in [0.3, 0.4) is 0 Å². The number of aliphatic hydroxyl groups is 1. The maximum absolute atomic E-state index is 13.0. The Kier molecular flexibility index (Phi) is 6.36. The third-order valence-electron chi connectivity index (χ3n) is 2.69. The number of nitrogens with one attached hydrogen (secondary N) is 2. The molecule has 0 aliphatic carbocycles. The molecule has 1 unspecified atom stereocenters. The second-order valence-electron chi connectivity index (χ2n) is 5.20. The van der Waals surface area contributed by atoms with Gasteiger partial charge in [0.2, 0.25) is 0 Å². The number of hydrogen-bond donors (Lipinski definition) is 3. The first-order valence-electron chi connectivity index (χ1n) is 6.62. The highest BCUT2D eigenvalue weighted by Crippen LogP contribution is 2.17. The highest BCUT2D eigenvalue weighted by Gasteiger charge is 2.18. The molecule has 3 N–H and O–H groups in total. The second-order valence-corrected chi connectivity index (χ2v) is 5.20. The van der Waals surface area contributed by atoms with E-state index in [9.17, 15) is 27.9 Å². The van der Waals surface area contributed by atoms with Crippen molar-refractivity contribution in [2.75, 3.05) is 11.9 Å². The van der Waals surface area contributed by atoms with Crippen LogP contribution in [0.4, 0.5) is 18.9 Å². The van der Waals surface area contributed by atoms with Gasteiger partial charge in [-0.2, -0.15) is 0 Å². The van der Waals surface area contributed by atoms with Crippen LogP contribution >= 0.6 is 0 Å². The predicted molar refractivity (Wildman–Crippen MR) is 73.4 cm³/mol. The van der Waals surface area contributed by atoms with Crippen LogP contribution in [-0.2, 0) is 9.59 Å². The van der Waals surface area contributed by atoms with Crippen LogP contribution in [0.15, 0.2) is 12.1 Å². The summed E-state index contributed by atoms with van der Waals surface area (Å²) in [6.45, 7) is 3.64. The molecule has 22 heavy (non-hydrogen) atoms. The molecule has 0 spiro atoms. The molecule has 0 saturated heterocycles. The monoisotopic (exact) mass is 318 g/mol.